The minimum absolute atomic E-state index is 0.101. The molecular formula is C11H20F2N2O. The average Bonchev–Trinajstić information content (AvgIpc) is 2.15. The van der Waals surface area contributed by atoms with Gasteiger partial charge in [-0.15, -0.1) is 0 Å². The number of rotatable bonds is 2. The van der Waals surface area contributed by atoms with E-state index in [-0.39, 0.29) is 17.9 Å². The molecule has 1 saturated heterocycles. The number of hydrogen-bond acceptors (Lipinski definition) is 2. The van der Waals surface area contributed by atoms with Gasteiger partial charge in [0.1, 0.15) is 0 Å². The van der Waals surface area contributed by atoms with Crippen molar-refractivity contribution in [3.63, 3.8) is 0 Å². The molecule has 0 spiro atoms. The first kappa shape index (κ1) is 13.4. The largest absolute Gasteiger partial charge is 0.340 e. The summed E-state index contributed by atoms with van der Waals surface area (Å²) in [6, 6.07) is 0. The molecule has 1 fully saturated rings. The fourth-order valence-corrected chi connectivity index (χ4v) is 1.80. The van der Waals surface area contributed by atoms with E-state index in [1.807, 2.05) is 20.8 Å². The minimum atomic E-state index is -2.29. The highest BCUT2D eigenvalue weighted by Crippen LogP contribution is 2.18. The standard InChI is InChI=1S/C11H20F2N2O/c1-11(2,3)10(16)15-6-4-14(5-7-15)8-9(12)13/h9H,4-8H2,1-3H3. The highest BCUT2D eigenvalue weighted by Gasteiger charge is 2.29. The third-order valence-electron chi connectivity index (χ3n) is 2.70. The molecule has 0 atom stereocenters. The molecule has 1 rings (SSSR count). The van der Waals surface area contributed by atoms with Crippen LogP contribution in [0.1, 0.15) is 20.8 Å². The summed E-state index contributed by atoms with van der Waals surface area (Å²) in [6.07, 6.45) is -2.29. The highest BCUT2D eigenvalue weighted by atomic mass is 19.3. The van der Waals surface area contributed by atoms with Crippen LogP contribution in [0.2, 0.25) is 0 Å². The predicted octanol–water partition coefficient (Wildman–Crippen LogP) is 1.44. The van der Waals surface area contributed by atoms with Gasteiger partial charge in [-0.3, -0.25) is 9.69 Å². The van der Waals surface area contributed by atoms with Crippen molar-refractivity contribution in [2.24, 2.45) is 5.41 Å². The second-order valence-corrected chi connectivity index (χ2v) is 5.23. The van der Waals surface area contributed by atoms with E-state index >= 15 is 0 Å². The molecule has 5 heteroatoms. The average molecular weight is 234 g/mol. The van der Waals surface area contributed by atoms with Crippen LogP contribution < -0.4 is 0 Å². The van der Waals surface area contributed by atoms with E-state index in [4.69, 9.17) is 0 Å². The Labute approximate surface area is 95.4 Å². The van der Waals surface area contributed by atoms with Gasteiger partial charge < -0.3 is 4.90 Å². The quantitative estimate of drug-likeness (QED) is 0.722. The van der Waals surface area contributed by atoms with Crippen LogP contribution in [0, 0.1) is 5.41 Å². The van der Waals surface area contributed by atoms with Crippen molar-refractivity contribution in [2.45, 2.75) is 27.2 Å². The number of nitrogens with zero attached hydrogens (tertiary/aromatic N) is 2. The molecule has 0 bridgehead atoms. The number of halogens is 2. The van der Waals surface area contributed by atoms with E-state index in [1.54, 1.807) is 9.80 Å². The molecule has 0 aromatic rings. The van der Waals surface area contributed by atoms with Crippen LogP contribution in [-0.2, 0) is 4.79 Å². The maximum Gasteiger partial charge on any atom is 0.251 e. The lowest BCUT2D eigenvalue weighted by Crippen LogP contribution is -2.52. The Morgan fingerprint density at radius 2 is 1.69 bits per heavy atom. The Balaban J connectivity index is 2.40. The monoisotopic (exact) mass is 234 g/mol. The van der Waals surface area contributed by atoms with E-state index in [1.165, 1.54) is 0 Å². The topological polar surface area (TPSA) is 23.6 Å². The fourth-order valence-electron chi connectivity index (χ4n) is 1.80. The molecule has 16 heavy (non-hydrogen) atoms. The summed E-state index contributed by atoms with van der Waals surface area (Å²) in [5.41, 5.74) is -0.384. The minimum Gasteiger partial charge on any atom is -0.340 e. The number of carbonyl (C=O) groups is 1. The van der Waals surface area contributed by atoms with E-state index in [2.05, 4.69) is 0 Å². The summed E-state index contributed by atoms with van der Waals surface area (Å²) in [7, 11) is 0. The van der Waals surface area contributed by atoms with Crippen molar-refractivity contribution >= 4 is 5.91 Å². The summed E-state index contributed by atoms with van der Waals surface area (Å²) in [5, 5.41) is 0. The van der Waals surface area contributed by atoms with Gasteiger partial charge in [0, 0.05) is 31.6 Å². The maximum atomic E-state index is 12.1. The molecule has 0 aromatic carbocycles. The van der Waals surface area contributed by atoms with E-state index in [0.717, 1.165) is 0 Å². The molecule has 0 N–H and O–H groups in total. The van der Waals surface area contributed by atoms with Crippen molar-refractivity contribution < 1.29 is 13.6 Å². The van der Waals surface area contributed by atoms with Gasteiger partial charge in [0.05, 0.1) is 6.54 Å². The predicted molar refractivity (Wildman–Crippen MR) is 58.5 cm³/mol. The third kappa shape index (κ3) is 3.70. The fraction of sp³-hybridized carbons (Fsp3) is 0.909. The van der Waals surface area contributed by atoms with Gasteiger partial charge in [-0.05, 0) is 0 Å². The van der Waals surface area contributed by atoms with Crippen LogP contribution in [0.3, 0.4) is 0 Å². The van der Waals surface area contributed by atoms with Crippen LogP contribution in [0.25, 0.3) is 0 Å². The van der Waals surface area contributed by atoms with E-state index in [9.17, 15) is 13.6 Å². The molecule has 1 aliphatic rings. The summed E-state index contributed by atoms with van der Waals surface area (Å²) >= 11 is 0. The van der Waals surface area contributed by atoms with Gasteiger partial charge in [0.25, 0.3) is 6.43 Å². The van der Waals surface area contributed by atoms with Crippen LogP contribution in [0.4, 0.5) is 8.78 Å². The lowest BCUT2D eigenvalue weighted by Gasteiger charge is -2.37. The number of piperazine rings is 1. The summed E-state index contributed by atoms with van der Waals surface area (Å²) in [4.78, 5) is 15.4. The summed E-state index contributed by atoms with van der Waals surface area (Å²) in [5.74, 6) is 0.101. The van der Waals surface area contributed by atoms with Crippen molar-refractivity contribution in [1.82, 2.24) is 9.80 Å². The second kappa shape index (κ2) is 5.08. The first-order chi connectivity index (χ1) is 7.30. The van der Waals surface area contributed by atoms with Gasteiger partial charge >= 0.3 is 0 Å². The normalized spacial score (nSPS) is 19.2. The molecule has 1 heterocycles. The summed E-state index contributed by atoms with van der Waals surface area (Å²) < 4.78 is 24.3. The number of alkyl halides is 2. The van der Waals surface area contributed by atoms with E-state index < -0.39 is 6.43 Å². The maximum absolute atomic E-state index is 12.1. The first-order valence-corrected chi connectivity index (χ1v) is 5.60. The Bertz CT molecular complexity index is 243. The van der Waals surface area contributed by atoms with Crippen LogP contribution in [0.5, 0.6) is 0 Å². The van der Waals surface area contributed by atoms with Gasteiger partial charge in [0.15, 0.2) is 0 Å². The zero-order valence-electron chi connectivity index (χ0n) is 10.2. The van der Waals surface area contributed by atoms with Gasteiger partial charge in [-0.2, -0.15) is 0 Å². The Kier molecular flexibility index (Phi) is 4.24. The molecule has 0 unspecified atom stereocenters. The Morgan fingerprint density at radius 3 is 2.06 bits per heavy atom. The van der Waals surface area contributed by atoms with E-state index in [0.29, 0.717) is 26.2 Å². The lowest BCUT2D eigenvalue weighted by atomic mass is 9.94. The van der Waals surface area contributed by atoms with Crippen molar-refractivity contribution in [3.8, 4) is 0 Å². The smallest absolute Gasteiger partial charge is 0.251 e. The van der Waals surface area contributed by atoms with Crippen molar-refractivity contribution in [2.75, 3.05) is 32.7 Å². The Morgan fingerprint density at radius 1 is 1.19 bits per heavy atom. The van der Waals surface area contributed by atoms with Crippen molar-refractivity contribution in [1.29, 1.82) is 0 Å². The summed E-state index contributed by atoms with van der Waals surface area (Å²) in [6.45, 7) is 7.66. The molecule has 0 radical (unpaired) electrons. The molecule has 94 valence electrons. The van der Waals surface area contributed by atoms with Gasteiger partial charge in [0.2, 0.25) is 5.91 Å². The second-order valence-electron chi connectivity index (χ2n) is 5.23. The van der Waals surface area contributed by atoms with Crippen LogP contribution in [0.15, 0.2) is 0 Å². The number of hydrogen-bond donors (Lipinski definition) is 0. The lowest BCUT2D eigenvalue weighted by molar-refractivity contribution is -0.141. The molecule has 0 aliphatic carbocycles. The molecule has 1 aliphatic heterocycles. The molecular weight excluding hydrogens is 214 g/mol. The zero-order valence-corrected chi connectivity index (χ0v) is 10.2. The highest BCUT2D eigenvalue weighted by molar-refractivity contribution is 5.81. The SMILES string of the molecule is CC(C)(C)C(=O)N1CCN(CC(F)F)CC1. The molecule has 0 saturated carbocycles. The number of carbonyl (C=O) groups excluding carboxylic acids is 1. The van der Waals surface area contributed by atoms with Crippen LogP contribution >= 0.6 is 0 Å². The zero-order chi connectivity index (χ0) is 12.3. The van der Waals surface area contributed by atoms with Crippen LogP contribution in [-0.4, -0.2) is 54.9 Å². The molecule has 0 aromatic heterocycles. The molecule has 3 nitrogen and oxygen atoms in total. The Hall–Kier alpha value is -0.710. The van der Waals surface area contributed by atoms with Gasteiger partial charge in [-0.1, -0.05) is 20.8 Å². The third-order valence-corrected chi connectivity index (χ3v) is 2.70. The first-order valence-electron chi connectivity index (χ1n) is 5.60. The van der Waals surface area contributed by atoms with Gasteiger partial charge in [-0.25, -0.2) is 8.78 Å². The number of amides is 1. The molecule has 1 amide bonds. The van der Waals surface area contributed by atoms with Crippen molar-refractivity contribution in [3.05, 3.63) is 0 Å².